The van der Waals surface area contributed by atoms with E-state index < -0.39 is 17.9 Å². The zero-order valence-electron chi connectivity index (χ0n) is 21.4. The smallest absolute Gasteiger partial charge is 0.338 e. The number of esters is 1. The van der Waals surface area contributed by atoms with E-state index in [-0.39, 0.29) is 19.8 Å². The van der Waals surface area contributed by atoms with Gasteiger partial charge in [0.2, 0.25) is 0 Å². The fourth-order valence-corrected chi connectivity index (χ4v) is 4.72. The number of methoxy groups -OCH3 is 1. The minimum absolute atomic E-state index is 0.112. The molecule has 0 aromatic heterocycles. The van der Waals surface area contributed by atoms with Crippen LogP contribution in [-0.4, -0.2) is 50.1 Å². The third-order valence-electron chi connectivity index (χ3n) is 5.29. The fourth-order valence-electron chi connectivity index (χ4n) is 3.67. The SMILES string of the molecule is CCOC(=O)C1=C(C)NC(=S)N[C@@H]1c1ccccc1OCC(=O)NN=Cc1cc(I)c(OCC#N)c(OC)c1. The molecule has 11 nitrogen and oxygen atoms in total. The second-order valence-electron chi connectivity index (χ2n) is 7.89. The van der Waals surface area contributed by atoms with Gasteiger partial charge in [0.05, 0.1) is 35.1 Å². The topological polar surface area (TPSA) is 143 Å². The first-order chi connectivity index (χ1) is 18.8. The number of rotatable bonds is 11. The second-order valence-corrected chi connectivity index (χ2v) is 9.46. The van der Waals surface area contributed by atoms with Crippen LogP contribution < -0.4 is 30.3 Å². The van der Waals surface area contributed by atoms with Crippen molar-refractivity contribution in [3.8, 4) is 23.3 Å². The summed E-state index contributed by atoms with van der Waals surface area (Å²) >= 11 is 7.35. The van der Waals surface area contributed by atoms with Crippen LogP contribution in [0.2, 0.25) is 0 Å². The van der Waals surface area contributed by atoms with Crippen LogP contribution in [-0.2, 0) is 14.3 Å². The van der Waals surface area contributed by atoms with Crippen molar-refractivity contribution in [3.63, 3.8) is 0 Å². The molecule has 1 heterocycles. The van der Waals surface area contributed by atoms with Gasteiger partial charge < -0.3 is 29.6 Å². The lowest BCUT2D eigenvalue weighted by Crippen LogP contribution is -2.45. The Kier molecular flexibility index (Phi) is 10.9. The molecule has 1 amide bonds. The Morgan fingerprint density at radius 1 is 1.26 bits per heavy atom. The van der Waals surface area contributed by atoms with E-state index in [4.69, 9.17) is 36.4 Å². The molecule has 0 spiro atoms. The lowest BCUT2D eigenvalue weighted by Gasteiger charge is -2.30. The summed E-state index contributed by atoms with van der Waals surface area (Å²) < 4.78 is 22.5. The summed E-state index contributed by atoms with van der Waals surface area (Å²) in [6.07, 6.45) is 1.45. The summed E-state index contributed by atoms with van der Waals surface area (Å²) in [6.45, 7) is 3.25. The van der Waals surface area contributed by atoms with Crippen molar-refractivity contribution in [2.45, 2.75) is 19.9 Å². The lowest BCUT2D eigenvalue weighted by atomic mass is 9.95. The van der Waals surface area contributed by atoms with Crippen LogP contribution >= 0.6 is 34.8 Å². The fraction of sp³-hybridized carbons (Fsp3) is 0.269. The van der Waals surface area contributed by atoms with Crippen LogP contribution in [0, 0.1) is 14.9 Å². The predicted octanol–water partition coefficient (Wildman–Crippen LogP) is 3.09. The number of thiocarbonyl (C=S) groups is 1. The van der Waals surface area contributed by atoms with Gasteiger partial charge in [0, 0.05) is 11.3 Å². The van der Waals surface area contributed by atoms with E-state index in [2.05, 4.69) is 43.8 Å². The quantitative estimate of drug-likeness (QED) is 0.108. The zero-order chi connectivity index (χ0) is 28.4. The molecule has 0 radical (unpaired) electrons. The number of amides is 1. The molecule has 3 rings (SSSR count). The molecule has 13 heteroatoms. The summed E-state index contributed by atoms with van der Waals surface area (Å²) in [4.78, 5) is 25.1. The van der Waals surface area contributed by atoms with Gasteiger partial charge in [0.1, 0.15) is 11.8 Å². The Balaban J connectivity index is 1.69. The number of ether oxygens (including phenoxy) is 4. The van der Waals surface area contributed by atoms with Gasteiger partial charge >= 0.3 is 5.97 Å². The molecule has 0 fully saturated rings. The van der Waals surface area contributed by atoms with Crippen molar-refractivity contribution in [3.05, 3.63) is 62.4 Å². The van der Waals surface area contributed by atoms with E-state index in [1.807, 2.05) is 6.07 Å². The van der Waals surface area contributed by atoms with E-state index >= 15 is 0 Å². The minimum atomic E-state index is -0.632. The van der Waals surface area contributed by atoms with Gasteiger partial charge in [0.25, 0.3) is 5.91 Å². The Morgan fingerprint density at radius 3 is 2.74 bits per heavy atom. The zero-order valence-corrected chi connectivity index (χ0v) is 24.3. The Morgan fingerprint density at radius 2 is 2.03 bits per heavy atom. The Labute approximate surface area is 244 Å². The predicted molar refractivity (Wildman–Crippen MR) is 155 cm³/mol. The number of nitrogens with zero attached hydrogens (tertiary/aromatic N) is 2. The highest BCUT2D eigenvalue weighted by molar-refractivity contribution is 14.1. The number of hydrazone groups is 1. The summed E-state index contributed by atoms with van der Waals surface area (Å²) in [7, 11) is 1.49. The number of nitrogens with one attached hydrogen (secondary N) is 3. The molecule has 1 aliphatic rings. The molecule has 0 aliphatic carbocycles. The number of allylic oxidation sites excluding steroid dienone is 1. The summed E-state index contributed by atoms with van der Waals surface area (Å²) in [5.41, 5.74) is 4.62. The van der Waals surface area contributed by atoms with Crippen molar-refractivity contribution < 1.29 is 28.5 Å². The summed E-state index contributed by atoms with van der Waals surface area (Å²) in [5.74, 6) is 0.291. The standard InChI is InChI=1S/C26H26IN5O6S/c1-4-36-25(34)22-15(2)30-26(39)31-23(22)17-7-5-6-8-19(17)38-14-21(33)32-29-13-16-11-18(27)24(37-10-9-28)20(12-16)35-3/h5-8,11-13,23H,4,10,14H2,1-3H3,(H,32,33)(H2,30,31,39)/t23-/m1/s1. The number of halogens is 1. The molecule has 1 aliphatic heterocycles. The number of hydrogen-bond acceptors (Lipinski definition) is 9. The van der Waals surface area contributed by atoms with Crippen LogP contribution in [0.25, 0.3) is 0 Å². The summed E-state index contributed by atoms with van der Waals surface area (Å²) in [5, 5.41) is 19.1. The van der Waals surface area contributed by atoms with E-state index in [9.17, 15) is 9.59 Å². The Bertz CT molecular complexity index is 1360. The molecule has 2 aromatic rings. The van der Waals surface area contributed by atoms with Gasteiger partial charge in [-0.1, -0.05) is 18.2 Å². The number of carbonyl (C=O) groups is 2. The van der Waals surface area contributed by atoms with Crippen LogP contribution in [0.5, 0.6) is 17.2 Å². The number of hydrogen-bond donors (Lipinski definition) is 3. The van der Waals surface area contributed by atoms with Crippen molar-refractivity contribution in [2.24, 2.45) is 5.10 Å². The number of para-hydroxylation sites is 1. The van der Waals surface area contributed by atoms with Crippen LogP contribution in [0.15, 0.2) is 52.8 Å². The maximum absolute atomic E-state index is 12.7. The van der Waals surface area contributed by atoms with Crippen LogP contribution in [0.1, 0.15) is 31.0 Å². The normalized spacial score (nSPS) is 14.6. The van der Waals surface area contributed by atoms with E-state index in [1.54, 1.807) is 50.2 Å². The molecule has 0 saturated heterocycles. The Hall–Kier alpha value is -3.90. The monoisotopic (exact) mass is 663 g/mol. The van der Waals surface area contributed by atoms with Crippen LogP contribution in [0.3, 0.4) is 0 Å². The first-order valence-electron chi connectivity index (χ1n) is 11.6. The maximum Gasteiger partial charge on any atom is 0.338 e. The molecule has 2 aromatic carbocycles. The third-order valence-corrected chi connectivity index (χ3v) is 6.31. The molecule has 1 atom stereocenters. The van der Waals surface area contributed by atoms with Gasteiger partial charge in [-0.05, 0) is 72.4 Å². The molecular weight excluding hydrogens is 637 g/mol. The molecular formula is C26H26IN5O6S. The third kappa shape index (κ3) is 7.80. The van der Waals surface area contributed by atoms with Gasteiger partial charge in [-0.25, -0.2) is 10.2 Å². The van der Waals surface area contributed by atoms with Crippen molar-refractivity contribution >= 4 is 58.0 Å². The van der Waals surface area contributed by atoms with Crippen molar-refractivity contribution in [1.29, 1.82) is 5.26 Å². The molecule has 0 saturated carbocycles. The van der Waals surface area contributed by atoms with Gasteiger partial charge in [-0.3, -0.25) is 4.79 Å². The molecule has 204 valence electrons. The lowest BCUT2D eigenvalue weighted by molar-refractivity contribution is -0.139. The molecule has 0 unspecified atom stereocenters. The minimum Gasteiger partial charge on any atom is -0.493 e. The highest BCUT2D eigenvalue weighted by Crippen LogP contribution is 2.34. The molecule has 0 bridgehead atoms. The van der Waals surface area contributed by atoms with Gasteiger partial charge in [-0.15, -0.1) is 0 Å². The van der Waals surface area contributed by atoms with Crippen LogP contribution in [0.4, 0.5) is 0 Å². The molecule has 39 heavy (non-hydrogen) atoms. The van der Waals surface area contributed by atoms with Gasteiger partial charge in [-0.2, -0.15) is 10.4 Å². The largest absolute Gasteiger partial charge is 0.493 e. The van der Waals surface area contributed by atoms with Gasteiger partial charge in [0.15, 0.2) is 29.8 Å². The first-order valence-corrected chi connectivity index (χ1v) is 13.1. The number of carbonyl (C=O) groups excluding carboxylic acids is 2. The van der Waals surface area contributed by atoms with E-state index in [1.165, 1.54) is 13.3 Å². The maximum atomic E-state index is 12.7. The van der Waals surface area contributed by atoms with E-state index in [0.717, 1.165) is 0 Å². The number of benzene rings is 2. The first kappa shape index (κ1) is 29.7. The van der Waals surface area contributed by atoms with E-state index in [0.29, 0.717) is 48.3 Å². The average molecular weight is 663 g/mol. The van der Waals surface area contributed by atoms with Crippen molar-refractivity contribution in [1.82, 2.24) is 16.1 Å². The highest BCUT2D eigenvalue weighted by atomic mass is 127. The highest BCUT2D eigenvalue weighted by Gasteiger charge is 2.32. The number of nitriles is 1. The second kappa shape index (κ2) is 14.3. The van der Waals surface area contributed by atoms with Crippen molar-refractivity contribution in [2.75, 3.05) is 26.9 Å². The molecule has 3 N–H and O–H groups in total. The average Bonchev–Trinajstić information content (AvgIpc) is 2.90. The summed E-state index contributed by atoms with van der Waals surface area (Å²) in [6, 6.07) is 11.8.